The quantitative estimate of drug-likeness (QED) is 0.719. The number of Topliss-reactive ketones (excluding diaryl/α,β-unsaturated/α-hetero) is 1. The fourth-order valence-electron chi connectivity index (χ4n) is 4.36. The van der Waals surface area contributed by atoms with Crippen molar-refractivity contribution < 1.29 is 19.1 Å². The van der Waals surface area contributed by atoms with Gasteiger partial charge in [-0.2, -0.15) is 0 Å². The number of nitrogens with zero attached hydrogens (tertiary/aromatic N) is 1. The van der Waals surface area contributed by atoms with Crippen LogP contribution in [0.1, 0.15) is 37.2 Å². The van der Waals surface area contributed by atoms with Gasteiger partial charge in [0.1, 0.15) is 0 Å². The molecule has 0 N–H and O–H groups in total. The van der Waals surface area contributed by atoms with E-state index in [-0.39, 0.29) is 24.0 Å². The minimum Gasteiger partial charge on any atom is -0.493 e. The predicted molar refractivity (Wildman–Crippen MR) is 112 cm³/mol. The van der Waals surface area contributed by atoms with Crippen molar-refractivity contribution in [3.8, 4) is 11.5 Å². The molecule has 5 nitrogen and oxygen atoms in total. The zero-order chi connectivity index (χ0) is 20.5. The van der Waals surface area contributed by atoms with Crippen LogP contribution in [0.25, 0.3) is 0 Å². The zero-order valence-electron chi connectivity index (χ0n) is 16.4. The summed E-state index contributed by atoms with van der Waals surface area (Å²) in [6, 6.07) is 12.8. The van der Waals surface area contributed by atoms with Gasteiger partial charge in [0.05, 0.1) is 19.9 Å². The lowest BCUT2D eigenvalue weighted by atomic mass is 9.76. The molecule has 4 rings (SSSR count). The van der Waals surface area contributed by atoms with Gasteiger partial charge in [-0.05, 0) is 37.1 Å². The minimum absolute atomic E-state index is 0.0596. The van der Waals surface area contributed by atoms with E-state index in [2.05, 4.69) is 0 Å². The van der Waals surface area contributed by atoms with Crippen LogP contribution >= 0.6 is 11.6 Å². The van der Waals surface area contributed by atoms with E-state index in [1.165, 1.54) is 0 Å². The van der Waals surface area contributed by atoms with Crippen molar-refractivity contribution >= 4 is 29.0 Å². The maximum Gasteiger partial charge on any atom is 0.232 e. The van der Waals surface area contributed by atoms with Gasteiger partial charge in [0.2, 0.25) is 5.91 Å². The molecule has 0 aromatic heterocycles. The Morgan fingerprint density at radius 2 is 1.83 bits per heavy atom. The normalized spacial score (nSPS) is 19.3. The summed E-state index contributed by atoms with van der Waals surface area (Å²) in [6.45, 7) is 0. The molecule has 2 aromatic carbocycles. The van der Waals surface area contributed by atoms with Crippen LogP contribution in [0.15, 0.2) is 53.7 Å². The first-order valence-electron chi connectivity index (χ1n) is 9.60. The van der Waals surface area contributed by atoms with Crippen molar-refractivity contribution in [2.45, 2.75) is 31.6 Å². The number of allylic oxidation sites excluding steroid dienone is 2. The van der Waals surface area contributed by atoms with E-state index in [0.717, 1.165) is 17.7 Å². The van der Waals surface area contributed by atoms with Gasteiger partial charge in [-0.25, -0.2) is 0 Å². The minimum atomic E-state index is -0.356. The van der Waals surface area contributed by atoms with Crippen LogP contribution in [0.3, 0.4) is 0 Å². The Kier molecular flexibility index (Phi) is 5.33. The molecule has 6 heteroatoms. The van der Waals surface area contributed by atoms with Crippen molar-refractivity contribution in [2.75, 3.05) is 19.1 Å². The number of methoxy groups -OCH3 is 2. The molecular formula is C23H22ClNO4. The number of carbonyl (C=O) groups excluding carboxylic acids is 2. The summed E-state index contributed by atoms with van der Waals surface area (Å²) in [6.07, 6.45) is 2.06. The number of amides is 1. The Morgan fingerprint density at radius 3 is 2.55 bits per heavy atom. The van der Waals surface area contributed by atoms with Crippen molar-refractivity contribution in [3.63, 3.8) is 0 Å². The summed E-state index contributed by atoms with van der Waals surface area (Å²) < 4.78 is 11.0. The number of hydrogen-bond acceptors (Lipinski definition) is 4. The largest absolute Gasteiger partial charge is 0.493 e. The smallest absolute Gasteiger partial charge is 0.232 e. The number of rotatable bonds is 4. The Bertz CT molecular complexity index is 1010. The molecular weight excluding hydrogens is 390 g/mol. The maximum atomic E-state index is 13.3. The van der Waals surface area contributed by atoms with Gasteiger partial charge in [-0.1, -0.05) is 29.8 Å². The second-order valence-electron chi connectivity index (χ2n) is 7.19. The topological polar surface area (TPSA) is 55.8 Å². The number of carbonyl (C=O) groups is 2. The van der Waals surface area contributed by atoms with Crippen LogP contribution in [0, 0.1) is 0 Å². The third-order valence-electron chi connectivity index (χ3n) is 5.55. The molecule has 2 aliphatic rings. The molecule has 1 unspecified atom stereocenters. The van der Waals surface area contributed by atoms with Crippen molar-refractivity contribution in [1.82, 2.24) is 0 Å². The summed E-state index contributed by atoms with van der Waals surface area (Å²) in [5.41, 5.74) is 2.96. The lowest BCUT2D eigenvalue weighted by Crippen LogP contribution is -2.40. The molecule has 1 heterocycles. The monoisotopic (exact) mass is 411 g/mol. The summed E-state index contributed by atoms with van der Waals surface area (Å²) in [7, 11) is 3.15. The van der Waals surface area contributed by atoms with Crippen molar-refractivity contribution in [3.05, 3.63) is 64.3 Å². The SMILES string of the molecule is COc1cccc(C2CC(=O)N(c3cccc(Cl)c3)C3=C2C(=O)CCC3)c1OC. The number of benzene rings is 2. The number of hydrogen-bond donors (Lipinski definition) is 0. The van der Waals surface area contributed by atoms with E-state index in [1.54, 1.807) is 31.3 Å². The van der Waals surface area contributed by atoms with Crippen molar-refractivity contribution in [2.24, 2.45) is 0 Å². The molecule has 1 aliphatic carbocycles. The highest BCUT2D eigenvalue weighted by atomic mass is 35.5. The fraction of sp³-hybridized carbons (Fsp3) is 0.304. The number of ether oxygens (including phenoxy) is 2. The lowest BCUT2D eigenvalue weighted by molar-refractivity contribution is -0.119. The average molecular weight is 412 g/mol. The third kappa shape index (κ3) is 3.40. The molecule has 0 spiro atoms. The molecule has 0 bridgehead atoms. The second kappa shape index (κ2) is 7.91. The van der Waals surface area contributed by atoms with Gasteiger partial charge < -0.3 is 9.47 Å². The molecule has 0 saturated carbocycles. The van der Waals surface area contributed by atoms with E-state index < -0.39 is 0 Å². The summed E-state index contributed by atoms with van der Waals surface area (Å²) in [5, 5.41) is 0.552. The molecule has 1 aliphatic heterocycles. The number of para-hydroxylation sites is 1. The van der Waals surface area contributed by atoms with Gasteiger partial charge in [-0.15, -0.1) is 0 Å². The Hall–Kier alpha value is -2.79. The first-order chi connectivity index (χ1) is 14.0. The van der Waals surface area contributed by atoms with E-state index in [0.29, 0.717) is 40.6 Å². The number of halogens is 1. The molecule has 1 atom stereocenters. The highest BCUT2D eigenvalue weighted by Crippen LogP contribution is 2.47. The Morgan fingerprint density at radius 1 is 1.03 bits per heavy atom. The van der Waals surface area contributed by atoms with Crippen LogP contribution in [0.5, 0.6) is 11.5 Å². The Labute approximate surface area is 174 Å². The van der Waals surface area contributed by atoms with Gasteiger partial charge in [-0.3, -0.25) is 14.5 Å². The molecule has 0 saturated heterocycles. The second-order valence-corrected chi connectivity index (χ2v) is 7.62. The molecule has 29 heavy (non-hydrogen) atoms. The first kappa shape index (κ1) is 19.5. The van der Waals surface area contributed by atoms with E-state index >= 15 is 0 Å². The van der Waals surface area contributed by atoms with Crippen LogP contribution in [0.4, 0.5) is 5.69 Å². The molecule has 150 valence electrons. The van der Waals surface area contributed by atoms with Crippen molar-refractivity contribution in [1.29, 1.82) is 0 Å². The van der Waals surface area contributed by atoms with Crippen LogP contribution in [0.2, 0.25) is 5.02 Å². The predicted octanol–water partition coefficient (Wildman–Crippen LogP) is 4.88. The van der Waals surface area contributed by atoms with E-state index in [4.69, 9.17) is 21.1 Å². The molecule has 0 fully saturated rings. The Balaban J connectivity index is 1.90. The first-order valence-corrected chi connectivity index (χ1v) is 9.98. The van der Waals surface area contributed by atoms with Crippen LogP contribution in [-0.2, 0) is 9.59 Å². The van der Waals surface area contributed by atoms with E-state index in [9.17, 15) is 9.59 Å². The summed E-state index contributed by atoms with van der Waals surface area (Å²) in [4.78, 5) is 28.0. The standard InChI is InChI=1S/C23H22ClNO4/c1-28-20-11-4-8-16(23(20)29-2)17-13-21(27)25(15-7-3-6-14(24)12-15)18-9-5-10-19(26)22(17)18/h3-4,6-8,11-12,17H,5,9-10,13H2,1-2H3. The molecule has 0 radical (unpaired) electrons. The van der Waals surface area contributed by atoms with Crippen LogP contribution in [-0.4, -0.2) is 25.9 Å². The lowest BCUT2D eigenvalue weighted by Gasteiger charge is -2.38. The highest BCUT2D eigenvalue weighted by Gasteiger charge is 2.41. The fourth-order valence-corrected chi connectivity index (χ4v) is 4.54. The third-order valence-corrected chi connectivity index (χ3v) is 5.79. The zero-order valence-corrected chi connectivity index (χ0v) is 17.2. The highest BCUT2D eigenvalue weighted by molar-refractivity contribution is 6.31. The van der Waals surface area contributed by atoms with Gasteiger partial charge in [0.25, 0.3) is 0 Å². The summed E-state index contributed by atoms with van der Waals surface area (Å²) >= 11 is 6.16. The molecule has 1 amide bonds. The van der Waals surface area contributed by atoms with Gasteiger partial charge in [0, 0.05) is 40.6 Å². The number of anilines is 1. The van der Waals surface area contributed by atoms with Gasteiger partial charge >= 0.3 is 0 Å². The van der Waals surface area contributed by atoms with Crippen LogP contribution < -0.4 is 14.4 Å². The molecule has 2 aromatic rings. The number of ketones is 1. The maximum absolute atomic E-state index is 13.3. The van der Waals surface area contributed by atoms with Gasteiger partial charge in [0.15, 0.2) is 17.3 Å². The van der Waals surface area contributed by atoms with E-state index in [1.807, 2.05) is 30.3 Å². The summed E-state index contributed by atoms with van der Waals surface area (Å²) in [5.74, 6) is 0.816. The average Bonchev–Trinajstić information content (AvgIpc) is 2.72.